The standard InChI is InChI=1S/C14H13ClF3NO4/c1-23-11-4-7(2-3-10(11)15)12(20)19-5-8(13(21)22)9(6-19)14(16,17)18/h2-4,8-9H,5-6H2,1H3,(H,21,22)/t8-,9-/m1/s1. The van der Waals surface area contributed by atoms with Gasteiger partial charge in [-0.3, -0.25) is 9.59 Å². The highest BCUT2D eigenvalue weighted by molar-refractivity contribution is 6.32. The summed E-state index contributed by atoms with van der Waals surface area (Å²) in [6, 6.07) is 4.05. The van der Waals surface area contributed by atoms with Crippen molar-refractivity contribution in [2.24, 2.45) is 11.8 Å². The summed E-state index contributed by atoms with van der Waals surface area (Å²) in [5.41, 5.74) is 0.0817. The molecule has 1 aromatic carbocycles. The van der Waals surface area contributed by atoms with Crippen molar-refractivity contribution in [3.05, 3.63) is 28.8 Å². The number of carboxylic acids is 1. The molecule has 0 saturated carbocycles. The minimum absolute atomic E-state index is 0.0817. The molecule has 0 radical (unpaired) electrons. The number of amides is 1. The van der Waals surface area contributed by atoms with Crippen molar-refractivity contribution in [1.82, 2.24) is 4.90 Å². The van der Waals surface area contributed by atoms with Crippen molar-refractivity contribution in [2.75, 3.05) is 20.2 Å². The van der Waals surface area contributed by atoms with Crippen LogP contribution in [0.25, 0.3) is 0 Å². The smallest absolute Gasteiger partial charge is 0.394 e. The highest BCUT2D eigenvalue weighted by Gasteiger charge is 2.53. The fourth-order valence-electron chi connectivity index (χ4n) is 2.53. The number of benzene rings is 1. The third-order valence-corrected chi connectivity index (χ3v) is 4.06. The number of nitrogens with zero attached hydrogens (tertiary/aromatic N) is 1. The maximum absolute atomic E-state index is 12.9. The molecule has 1 saturated heterocycles. The van der Waals surface area contributed by atoms with Crippen molar-refractivity contribution < 1.29 is 32.6 Å². The number of carbonyl (C=O) groups excluding carboxylic acids is 1. The number of hydrogen-bond donors (Lipinski definition) is 1. The van der Waals surface area contributed by atoms with Gasteiger partial charge in [0.05, 0.1) is 24.0 Å². The fourth-order valence-corrected chi connectivity index (χ4v) is 2.72. The first-order valence-corrected chi connectivity index (χ1v) is 6.95. The van der Waals surface area contributed by atoms with E-state index in [0.29, 0.717) is 0 Å². The molecule has 1 aromatic rings. The molecule has 126 valence electrons. The SMILES string of the molecule is COc1cc(C(=O)N2C[C@@H](C(F)(F)F)[C@H](C(=O)O)C2)ccc1Cl. The molecule has 9 heteroatoms. The maximum atomic E-state index is 12.9. The predicted octanol–water partition coefficient (Wildman–Crippen LogP) is 2.68. The Hall–Kier alpha value is -1.96. The molecule has 2 rings (SSSR count). The summed E-state index contributed by atoms with van der Waals surface area (Å²) in [5, 5.41) is 9.21. The Morgan fingerprint density at radius 3 is 2.48 bits per heavy atom. The highest BCUT2D eigenvalue weighted by Crippen LogP contribution is 2.38. The van der Waals surface area contributed by atoms with Crippen LogP contribution in [0.15, 0.2) is 18.2 Å². The molecule has 1 amide bonds. The van der Waals surface area contributed by atoms with E-state index in [1.54, 1.807) is 0 Å². The molecule has 0 bridgehead atoms. The molecule has 1 aliphatic heterocycles. The second-order valence-electron chi connectivity index (χ2n) is 5.15. The zero-order valence-corrected chi connectivity index (χ0v) is 12.7. The van der Waals surface area contributed by atoms with Gasteiger partial charge in [0, 0.05) is 18.7 Å². The topological polar surface area (TPSA) is 66.8 Å². The van der Waals surface area contributed by atoms with Crippen LogP contribution in [-0.2, 0) is 4.79 Å². The molecular weight excluding hydrogens is 339 g/mol. The summed E-state index contributed by atoms with van der Waals surface area (Å²) in [7, 11) is 1.34. The Bertz CT molecular complexity index is 635. The molecule has 0 unspecified atom stereocenters. The summed E-state index contributed by atoms with van der Waals surface area (Å²) >= 11 is 5.83. The minimum Gasteiger partial charge on any atom is -0.495 e. The van der Waals surface area contributed by atoms with E-state index in [1.807, 2.05) is 0 Å². The number of carboxylic acid groups (broad SMARTS) is 1. The van der Waals surface area contributed by atoms with Crippen molar-refractivity contribution >= 4 is 23.5 Å². The molecule has 2 atom stereocenters. The molecule has 1 heterocycles. The van der Waals surface area contributed by atoms with Gasteiger partial charge in [0.1, 0.15) is 5.75 Å². The van der Waals surface area contributed by atoms with Gasteiger partial charge in [-0.05, 0) is 18.2 Å². The number of ether oxygens (including phenoxy) is 1. The van der Waals surface area contributed by atoms with E-state index in [1.165, 1.54) is 25.3 Å². The Morgan fingerprint density at radius 1 is 1.35 bits per heavy atom. The van der Waals surface area contributed by atoms with Crippen molar-refractivity contribution in [3.8, 4) is 5.75 Å². The van der Waals surface area contributed by atoms with Gasteiger partial charge in [0.15, 0.2) is 0 Å². The number of carbonyl (C=O) groups is 2. The third kappa shape index (κ3) is 3.52. The average Bonchev–Trinajstić information content (AvgIpc) is 2.92. The first-order valence-electron chi connectivity index (χ1n) is 6.57. The van der Waals surface area contributed by atoms with E-state index in [9.17, 15) is 22.8 Å². The van der Waals surface area contributed by atoms with Gasteiger partial charge in [0.2, 0.25) is 0 Å². The van der Waals surface area contributed by atoms with Gasteiger partial charge < -0.3 is 14.7 Å². The number of rotatable bonds is 3. The zero-order chi connectivity index (χ0) is 17.4. The summed E-state index contributed by atoms with van der Waals surface area (Å²) in [4.78, 5) is 24.3. The van der Waals surface area contributed by atoms with E-state index in [2.05, 4.69) is 0 Å². The number of hydrogen-bond acceptors (Lipinski definition) is 3. The van der Waals surface area contributed by atoms with E-state index in [4.69, 9.17) is 21.4 Å². The van der Waals surface area contributed by atoms with Crippen molar-refractivity contribution in [1.29, 1.82) is 0 Å². The largest absolute Gasteiger partial charge is 0.495 e. The second-order valence-corrected chi connectivity index (χ2v) is 5.56. The normalized spacial score (nSPS) is 21.3. The van der Waals surface area contributed by atoms with Gasteiger partial charge in [-0.15, -0.1) is 0 Å². The molecule has 1 fully saturated rings. The van der Waals surface area contributed by atoms with Gasteiger partial charge in [-0.2, -0.15) is 13.2 Å². The molecule has 1 aliphatic rings. The van der Waals surface area contributed by atoms with Gasteiger partial charge in [-0.1, -0.05) is 11.6 Å². The number of likely N-dealkylation sites (tertiary alicyclic amines) is 1. The number of methoxy groups -OCH3 is 1. The molecule has 0 spiro atoms. The van der Waals surface area contributed by atoms with Crippen LogP contribution in [0.4, 0.5) is 13.2 Å². The van der Waals surface area contributed by atoms with Crippen molar-refractivity contribution in [3.63, 3.8) is 0 Å². The number of alkyl halides is 3. The Kier molecular flexibility index (Phi) is 4.74. The van der Waals surface area contributed by atoms with Crippen LogP contribution in [0.3, 0.4) is 0 Å². The van der Waals surface area contributed by atoms with Crippen LogP contribution in [-0.4, -0.2) is 48.3 Å². The zero-order valence-electron chi connectivity index (χ0n) is 11.9. The summed E-state index contributed by atoms with van der Waals surface area (Å²) in [6.07, 6.45) is -4.68. The van der Waals surface area contributed by atoms with Crippen molar-refractivity contribution in [2.45, 2.75) is 6.18 Å². The molecule has 5 nitrogen and oxygen atoms in total. The van der Waals surface area contributed by atoms with Crippen LogP contribution in [0.2, 0.25) is 5.02 Å². The molecule has 0 aromatic heterocycles. The minimum atomic E-state index is -4.68. The molecule has 1 N–H and O–H groups in total. The van der Waals surface area contributed by atoms with E-state index in [0.717, 1.165) is 4.90 Å². The lowest BCUT2D eigenvalue weighted by Crippen LogP contribution is -2.34. The lowest BCUT2D eigenvalue weighted by atomic mass is 9.96. The maximum Gasteiger partial charge on any atom is 0.394 e. The quantitative estimate of drug-likeness (QED) is 0.909. The fraction of sp³-hybridized carbons (Fsp3) is 0.429. The van der Waals surface area contributed by atoms with E-state index in [-0.39, 0.29) is 16.3 Å². The Balaban J connectivity index is 2.25. The lowest BCUT2D eigenvalue weighted by molar-refractivity contribution is -0.187. The lowest BCUT2D eigenvalue weighted by Gasteiger charge is -2.18. The number of halogens is 4. The highest BCUT2D eigenvalue weighted by atomic mass is 35.5. The van der Waals surface area contributed by atoms with E-state index < -0.39 is 43.0 Å². The van der Waals surface area contributed by atoms with Gasteiger partial charge in [0.25, 0.3) is 5.91 Å². The van der Waals surface area contributed by atoms with Gasteiger partial charge >= 0.3 is 12.1 Å². The average molecular weight is 352 g/mol. The molecule has 23 heavy (non-hydrogen) atoms. The van der Waals surface area contributed by atoms with Crippen LogP contribution >= 0.6 is 11.6 Å². The summed E-state index contributed by atoms with van der Waals surface area (Å²) < 4.78 is 43.8. The van der Waals surface area contributed by atoms with Crippen LogP contribution < -0.4 is 4.74 Å². The predicted molar refractivity (Wildman–Crippen MR) is 74.6 cm³/mol. The Labute approximate surface area is 134 Å². The molecular formula is C14H13ClF3NO4. The van der Waals surface area contributed by atoms with Gasteiger partial charge in [-0.25, -0.2) is 0 Å². The van der Waals surface area contributed by atoms with Crippen LogP contribution in [0.1, 0.15) is 10.4 Å². The number of aliphatic carboxylic acids is 1. The van der Waals surface area contributed by atoms with E-state index >= 15 is 0 Å². The Morgan fingerprint density at radius 2 is 2.00 bits per heavy atom. The second kappa shape index (κ2) is 6.27. The van der Waals surface area contributed by atoms with Crippen LogP contribution in [0.5, 0.6) is 5.75 Å². The first kappa shape index (κ1) is 17.4. The monoisotopic (exact) mass is 351 g/mol. The summed E-state index contributed by atoms with van der Waals surface area (Å²) in [5.74, 6) is -5.82. The molecule has 0 aliphatic carbocycles. The third-order valence-electron chi connectivity index (χ3n) is 3.74. The summed E-state index contributed by atoms with van der Waals surface area (Å²) in [6.45, 7) is -1.19. The van der Waals surface area contributed by atoms with Crippen LogP contribution in [0, 0.1) is 11.8 Å². The first-order chi connectivity index (χ1) is 10.6.